The Morgan fingerprint density at radius 1 is 1.47 bits per heavy atom. The molecule has 0 N–H and O–H groups in total. The van der Waals surface area contributed by atoms with Gasteiger partial charge in [-0.15, -0.1) is 0 Å². The van der Waals surface area contributed by atoms with Gasteiger partial charge >= 0.3 is 6.09 Å². The number of carbonyl (C=O) groups excluding carboxylic acids is 2. The van der Waals surface area contributed by atoms with E-state index in [1.165, 1.54) is 0 Å². The molecular formula is C13H21NO3. The lowest BCUT2D eigenvalue weighted by molar-refractivity contribution is -0.125. The van der Waals surface area contributed by atoms with Crippen LogP contribution in [0.3, 0.4) is 0 Å². The van der Waals surface area contributed by atoms with Crippen molar-refractivity contribution in [1.82, 2.24) is 4.90 Å². The number of amides is 1. The maximum atomic E-state index is 12.2. The minimum atomic E-state index is -0.478. The molecule has 2 bridgehead atoms. The van der Waals surface area contributed by atoms with Crippen molar-refractivity contribution in [3.8, 4) is 0 Å². The first-order chi connectivity index (χ1) is 7.71. The largest absolute Gasteiger partial charge is 0.444 e. The molecule has 0 radical (unpaired) electrons. The van der Waals surface area contributed by atoms with E-state index in [4.69, 9.17) is 4.74 Å². The monoisotopic (exact) mass is 239 g/mol. The van der Waals surface area contributed by atoms with E-state index in [0.717, 1.165) is 12.8 Å². The van der Waals surface area contributed by atoms with Gasteiger partial charge in [0.25, 0.3) is 0 Å². The van der Waals surface area contributed by atoms with Gasteiger partial charge in [0, 0.05) is 18.9 Å². The molecule has 2 atom stereocenters. The molecule has 0 aliphatic carbocycles. The van der Waals surface area contributed by atoms with E-state index < -0.39 is 5.60 Å². The first-order valence-electron chi connectivity index (χ1n) is 6.25. The van der Waals surface area contributed by atoms with Crippen LogP contribution in [0.25, 0.3) is 0 Å². The molecule has 2 aliphatic rings. The third-order valence-electron chi connectivity index (χ3n) is 3.59. The van der Waals surface area contributed by atoms with E-state index in [1.807, 2.05) is 27.7 Å². The highest BCUT2D eigenvalue weighted by Crippen LogP contribution is 2.43. The van der Waals surface area contributed by atoms with E-state index in [2.05, 4.69) is 0 Å². The molecule has 4 heteroatoms. The average molecular weight is 239 g/mol. The summed E-state index contributed by atoms with van der Waals surface area (Å²) < 4.78 is 5.43. The normalized spacial score (nSPS) is 32.8. The molecule has 2 fully saturated rings. The number of fused-ring (bicyclic) bond motifs is 2. The van der Waals surface area contributed by atoms with Crippen molar-refractivity contribution in [2.45, 2.75) is 70.6 Å². The second-order valence-electron chi connectivity index (χ2n) is 6.46. The molecule has 0 saturated carbocycles. The summed E-state index contributed by atoms with van der Waals surface area (Å²) in [6.45, 7) is 7.59. The summed E-state index contributed by atoms with van der Waals surface area (Å²) in [4.78, 5) is 25.6. The Bertz CT molecular complexity index is 358. The molecule has 1 amide bonds. The van der Waals surface area contributed by atoms with Crippen LogP contribution in [0.5, 0.6) is 0 Å². The highest BCUT2D eigenvalue weighted by atomic mass is 16.6. The molecule has 96 valence electrons. The predicted octanol–water partition coefficient (Wildman–Crippen LogP) is 2.51. The fraction of sp³-hybridized carbons (Fsp3) is 0.846. The van der Waals surface area contributed by atoms with Gasteiger partial charge in [0.05, 0.1) is 5.54 Å². The van der Waals surface area contributed by atoms with Gasteiger partial charge in [-0.1, -0.05) is 0 Å². The molecule has 2 saturated heterocycles. The zero-order chi connectivity index (χ0) is 12.8. The molecule has 4 nitrogen and oxygen atoms in total. The lowest BCUT2D eigenvalue weighted by atomic mass is 9.90. The molecule has 17 heavy (non-hydrogen) atoms. The average Bonchev–Trinajstić information content (AvgIpc) is 2.31. The Kier molecular flexibility index (Phi) is 2.71. The zero-order valence-corrected chi connectivity index (χ0v) is 11.1. The predicted molar refractivity (Wildman–Crippen MR) is 63.7 cm³/mol. The lowest BCUT2D eigenvalue weighted by Gasteiger charge is -2.42. The summed E-state index contributed by atoms with van der Waals surface area (Å²) in [7, 11) is 0. The second-order valence-corrected chi connectivity index (χ2v) is 6.46. The van der Waals surface area contributed by atoms with Gasteiger partial charge in [0.15, 0.2) is 0 Å². The molecule has 0 spiro atoms. The van der Waals surface area contributed by atoms with Crippen LogP contribution in [-0.2, 0) is 9.53 Å². The Morgan fingerprint density at radius 2 is 2.12 bits per heavy atom. The van der Waals surface area contributed by atoms with Crippen LogP contribution in [0.2, 0.25) is 0 Å². The zero-order valence-electron chi connectivity index (χ0n) is 11.1. The molecule has 2 aliphatic heterocycles. The number of ether oxygens (including phenoxy) is 1. The van der Waals surface area contributed by atoms with E-state index in [9.17, 15) is 9.59 Å². The van der Waals surface area contributed by atoms with Crippen LogP contribution >= 0.6 is 0 Å². The highest BCUT2D eigenvalue weighted by Gasteiger charge is 2.51. The van der Waals surface area contributed by atoms with E-state index in [1.54, 1.807) is 4.90 Å². The van der Waals surface area contributed by atoms with Crippen molar-refractivity contribution in [1.29, 1.82) is 0 Å². The second kappa shape index (κ2) is 3.72. The Labute approximate surface area is 102 Å². The van der Waals surface area contributed by atoms with Crippen LogP contribution in [0.4, 0.5) is 4.79 Å². The number of piperidine rings is 1. The molecular weight excluding hydrogens is 218 g/mol. The van der Waals surface area contributed by atoms with Crippen LogP contribution < -0.4 is 0 Å². The highest BCUT2D eigenvalue weighted by molar-refractivity contribution is 5.84. The van der Waals surface area contributed by atoms with Crippen LogP contribution in [0, 0.1) is 0 Å². The number of carbonyl (C=O) groups is 2. The summed E-state index contributed by atoms with van der Waals surface area (Å²) in [6, 6.07) is 0.0519. The first-order valence-corrected chi connectivity index (χ1v) is 6.25. The summed E-state index contributed by atoms with van der Waals surface area (Å²) in [6.07, 6.45) is 2.52. The van der Waals surface area contributed by atoms with Crippen molar-refractivity contribution < 1.29 is 14.3 Å². The number of hydrogen-bond donors (Lipinski definition) is 0. The maximum absolute atomic E-state index is 12.2. The molecule has 0 aromatic rings. The van der Waals surface area contributed by atoms with Crippen LogP contribution in [-0.4, -0.2) is 34.0 Å². The first kappa shape index (κ1) is 12.4. The van der Waals surface area contributed by atoms with Gasteiger partial charge in [-0.2, -0.15) is 0 Å². The quantitative estimate of drug-likeness (QED) is 0.652. The van der Waals surface area contributed by atoms with Gasteiger partial charge in [-0.25, -0.2) is 4.79 Å². The molecule has 2 rings (SSSR count). The summed E-state index contributed by atoms with van der Waals surface area (Å²) >= 11 is 0. The molecule has 0 aromatic heterocycles. The Hall–Kier alpha value is -1.06. The van der Waals surface area contributed by atoms with Gasteiger partial charge < -0.3 is 4.74 Å². The van der Waals surface area contributed by atoms with E-state index in [0.29, 0.717) is 12.8 Å². The fourth-order valence-electron chi connectivity index (χ4n) is 2.98. The molecule has 2 heterocycles. The van der Waals surface area contributed by atoms with Gasteiger partial charge in [0.1, 0.15) is 11.4 Å². The van der Waals surface area contributed by atoms with Crippen molar-refractivity contribution >= 4 is 11.9 Å². The molecule has 0 aromatic carbocycles. The van der Waals surface area contributed by atoms with E-state index in [-0.39, 0.29) is 23.5 Å². The van der Waals surface area contributed by atoms with Gasteiger partial charge in [0.2, 0.25) is 0 Å². The maximum Gasteiger partial charge on any atom is 0.411 e. The molecule has 2 unspecified atom stereocenters. The number of Topliss-reactive ketones (excluding diaryl/α,β-unsaturated/α-hetero) is 1. The Morgan fingerprint density at radius 3 is 2.65 bits per heavy atom. The standard InChI is InChI=1S/C13H21NO3/c1-12(2,3)17-11(16)14-9-5-6-13(14,4)8-10(15)7-9/h9H,5-8H2,1-4H3. The summed E-state index contributed by atoms with van der Waals surface area (Å²) in [5.74, 6) is 0.273. The van der Waals surface area contributed by atoms with Crippen LogP contribution in [0.1, 0.15) is 53.4 Å². The van der Waals surface area contributed by atoms with Crippen molar-refractivity contribution in [2.75, 3.05) is 0 Å². The van der Waals surface area contributed by atoms with Crippen LogP contribution in [0.15, 0.2) is 0 Å². The Balaban J connectivity index is 2.17. The van der Waals surface area contributed by atoms with Crippen molar-refractivity contribution in [2.24, 2.45) is 0 Å². The number of hydrogen-bond acceptors (Lipinski definition) is 3. The SMILES string of the molecule is CC(C)(C)OC(=O)N1C2CCC1(C)CC(=O)C2. The number of nitrogens with zero attached hydrogens (tertiary/aromatic N) is 1. The minimum Gasteiger partial charge on any atom is -0.444 e. The summed E-state index contributed by atoms with van der Waals surface area (Å²) in [5.41, 5.74) is -0.795. The fourth-order valence-corrected chi connectivity index (χ4v) is 2.98. The smallest absolute Gasteiger partial charge is 0.411 e. The summed E-state index contributed by atoms with van der Waals surface area (Å²) in [5, 5.41) is 0. The lowest BCUT2D eigenvalue weighted by Crippen LogP contribution is -2.55. The third-order valence-corrected chi connectivity index (χ3v) is 3.59. The third kappa shape index (κ3) is 2.31. The van der Waals surface area contributed by atoms with Crippen molar-refractivity contribution in [3.05, 3.63) is 0 Å². The number of ketones is 1. The van der Waals surface area contributed by atoms with Gasteiger partial charge in [-0.05, 0) is 40.5 Å². The van der Waals surface area contributed by atoms with Crippen molar-refractivity contribution in [3.63, 3.8) is 0 Å². The van der Waals surface area contributed by atoms with E-state index >= 15 is 0 Å². The topological polar surface area (TPSA) is 46.6 Å². The number of rotatable bonds is 0. The van der Waals surface area contributed by atoms with Gasteiger partial charge in [-0.3, -0.25) is 9.69 Å². The minimum absolute atomic E-state index is 0.0519.